The van der Waals surface area contributed by atoms with Crippen molar-refractivity contribution in [2.45, 2.75) is 18.4 Å². The molecule has 0 bridgehead atoms. The number of hydrogen-bond donors (Lipinski definition) is 1. The van der Waals surface area contributed by atoms with Crippen LogP contribution in [0.3, 0.4) is 0 Å². The van der Waals surface area contributed by atoms with E-state index in [-0.39, 0.29) is 4.90 Å². The van der Waals surface area contributed by atoms with Crippen molar-refractivity contribution in [2.24, 2.45) is 0 Å². The Bertz CT molecular complexity index is 654. The van der Waals surface area contributed by atoms with Crippen LogP contribution in [0.1, 0.15) is 5.56 Å². The van der Waals surface area contributed by atoms with E-state index in [0.717, 1.165) is 5.56 Å². The van der Waals surface area contributed by atoms with Crippen LogP contribution < -0.4 is 4.72 Å². The quantitative estimate of drug-likeness (QED) is 0.902. The molecule has 0 atom stereocenters. The highest BCUT2D eigenvalue weighted by molar-refractivity contribution is 9.10. The van der Waals surface area contributed by atoms with Crippen LogP contribution in [0.15, 0.2) is 46.0 Å². The van der Waals surface area contributed by atoms with Crippen LogP contribution in [-0.2, 0) is 16.6 Å². The van der Waals surface area contributed by atoms with Crippen molar-refractivity contribution in [3.8, 4) is 0 Å². The topological polar surface area (TPSA) is 64.0 Å². The molecule has 102 valence electrons. The van der Waals surface area contributed by atoms with Gasteiger partial charge in [-0.15, -0.1) is 0 Å². The molecule has 2 aromatic rings. The predicted octanol–water partition coefficient (Wildman–Crippen LogP) is 1.93. The zero-order valence-corrected chi connectivity index (χ0v) is 12.8. The molecule has 0 radical (unpaired) electrons. The summed E-state index contributed by atoms with van der Waals surface area (Å²) in [4.78, 5) is 0.249. The number of nitrogens with one attached hydrogen (secondary N) is 1. The van der Waals surface area contributed by atoms with Gasteiger partial charge in [-0.3, -0.25) is 4.68 Å². The van der Waals surface area contributed by atoms with Gasteiger partial charge in [0.25, 0.3) is 0 Å². The molecule has 5 nitrogen and oxygen atoms in total. The van der Waals surface area contributed by atoms with Crippen molar-refractivity contribution >= 4 is 26.0 Å². The summed E-state index contributed by atoms with van der Waals surface area (Å²) in [7, 11) is -3.50. The van der Waals surface area contributed by atoms with Crippen molar-refractivity contribution in [3.05, 3.63) is 46.7 Å². The number of rotatable bonds is 5. The molecule has 0 spiro atoms. The maximum absolute atomic E-state index is 12.1. The zero-order valence-electron chi connectivity index (χ0n) is 10.4. The summed E-state index contributed by atoms with van der Waals surface area (Å²) in [5.41, 5.74) is 1.00. The molecule has 1 N–H and O–H groups in total. The van der Waals surface area contributed by atoms with Crippen molar-refractivity contribution in [1.29, 1.82) is 0 Å². The van der Waals surface area contributed by atoms with Gasteiger partial charge in [0.2, 0.25) is 10.0 Å². The minimum atomic E-state index is -3.50. The molecule has 2 rings (SSSR count). The molecular formula is C12H14BrN3O2S. The van der Waals surface area contributed by atoms with Crippen LogP contribution in [0, 0.1) is 6.92 Å². The molecule has 7 heteroatoms. The molecule has 19 heavy (non-hydrogen) atoms. The predicted molar refractivity (Wildman–Crippen MR) is 76.3 cm³/mol. The van der Waals surface area contributed by atoms with Gasteiger partial charge in [-0.05, 0) is 46.6 Å². The van der Waals surface area contributed by atoms with E-state index < -0.39 is 10.0 Å². The molecule has 1 aromatic heterocycles. The number of halogens is 1. The van der Waals surface area contributed by atoms with Crippen LogP contribution in [-0.4, -0.2) is 24.7 Å². The highest BCUT2D eigenvalue weighted by Gasteiger charge is 2.16. The number of benzene rings is 1. The van der Waals surface area contributed by atoms with Gasteiger partial charge in [0, 0.05) is 23.4 Å². The summed E-state index contributed by atoms with van der Waals surface area (Å²) in [6.07, 6.45) is 3.45. The Kier molecular flexibility index (Phi) is 4.38. The van der Waals surface area contributed by atoms with Gasteiger partial charge in [0.05, 0.1) is 11.4 Å². The van der Waals surface area contributed by atoms with Gasteiger partial charge in [-0.2, -0.15) is 5.10 Å². The molecule has 1 aromatic carbocycles. The fraction of sp³-hybridized carbons (Fsp3) is 0.250. The average Bonchev–Trinajstić information content (AvgIpc) is 2.81. The van der Waals surface area contributed by atoms with Crippen molar-refractivity contribution in [3.63, 3.8) is 0 Å². The first-order chi connectivity index (χ1) is 8.99. The van der Waals surface area contributed by atoms with Gasteiger partial charge in [0.15, 0.2) is 0 Å². The van der Waals surface area contributed by atoms with Crippen LogP contribution in [0.25, 0.3) is 0 Å². The third kappa shape index (κ3) is 3.65. The maximum atomic E-state index is 12.1. The molecule has 0 unspecified atom stereocenters. The Hall–Kier alpha value is -1.18. The fourth-order valence-corrected chi connectivity index (χ4v) is 3.84. The highest BCUT2D eigenvalue weighted by Crippen LogP contribution is 2.22. The van der Waals surface area contributed by atoms with Crippen molar-refractivity contribution < 1.29 is 8.42 Å². The lowest BCUT2D eigenvalue weighted by molar-refractivity contribution is 0.560. The number of sulfonamides is 1. The van der Waals surface area contributed by atoms with E-state index in [1.54, 1.807) is 41.3 Å². The zero-order chi connectivity index (χ0) is 13.9. The molecule has 0 saturated heterocycles. The monoisotopic (exact) mass is 343 g/mol. The molecule has 1 heterocycles. The van der Waals surface area contributed by atoms with E-state index in [1.807, 2.05) is 6.92 Å². The third-order valence-electron chi connectivity index (χ3n) is 2.57. The molecular weight excluding hydrogens is 330 g/mol. The second kappa shape index (κ2) is 5.85. The highest BCUT2D eigenvalue weighted by atomic mass is 79.9. The van der Waals surface area contributed by atoms with Crippen molar-refractivity contribution in [1.82, 2.24) is 14.5 Å². The van der Waals surface area contributed by atoms with E-state index in [0.29, 0.717) is 17.6 Å². The summed E-state index contributed by atoms with van der Waals surface area (Å²) < 4.78 is 29.0. The number of aryl methyl sites for hydroxylation is 1. The van der Waals surface area contributed by atoms with Gasteiger partial charge < -0.3 is 0 Å². The Morgan fingerprint density at radius 2 is 2.21 bits per heavy atom. The van der Waals surface area contributed by atoms with Gasteiger partial charge in [-0.1, -0.05) is 6.07 Å². The Morgan fingerprint density at radius 3 is 2.84 bits per heavy atom. The molecule has 0 fully saturated rings. The maximum Gasteiger partial charge on any atom is 0.241 e. The first-order valence-electron chi connectivity index (χ1n) is 5.72. The normalized spacial score (nSPS) is 11.7. The van der Waals surface area contributed by atoms with Gasteiger partial charge in [-0.25, -0.2) is 13.1 Å². The number of aromatic nitrogens is 2. The van der Waals surface area contributed by atoms with E-state index in [2.05, 4.69) is 25.8 Å². The van der Waals surface area contributed by atoms with E-state index in [9.17, 15) is 8.42 Å². The standard InChI is InChI=1S/C12H14BrN3O2S/c1-10-3-4-12(11(13)9-10)19(17,18)15-6-8-16-7-2-5-14-16/h2-5,7,9,15H,6,8H2,1H3. The second-order valence-electron chi connectivity index (χ2n) is 4.10. The van der Waals surface area contributed by atoms with Gasteiger partial charge >= 0.3 is 0 Å². The summed E-state index contributed by atoms with van der Waals surface area (Å²) >= 11 is 3.28. The van der Waals surface area contributed by atoms with E-state index in [1.165, 1.54) is 0 Å². The Labute approximate surface area is 120 Å². The van der Waals surface area contributed by atoms with Crippen LogP contribution in [0.5, 0.6) is 0 Å². The number of nitrogens with zero attached hydrogens (tertiary/aromatic N) is 2. The van der Waals surface area contributed by atoms with Gasteiger partial charge in [0.1, 0.15) is 0 Å². The minimum Gasteiger partial charge on any atom is -0.271 e. The van der Waals surface area contributed by atoms with Crippen LogP contribution >= 0.6 is 15.9 Å². The van der Waals surface area contributed by atoms with Crippen LogP contribution in [0.2, 0.25) is 0 Å². The molecule has 0 aliphatic rings. The molecule has 0 aliphatic heterocycles. The summed E-state index contributed by atoms with van der Waals surface area (Å²) in [5, 5.41) is 4.01. The number of hydrogen-bond acceptors (Lipinski definition) is 3. The first kappa shape index (κ1) is 14.2. The molecule has 0 amide bonds. The summed E-state index contributed by atoms with van der Waals surface area (Å²) in [6, 6.07) is 6.94. The van der Waals surface area contributed by atoms with Crippen molar-refractivity contribution in [2.75, 3.05) is 6.54 Å². The first-order valence-corrected chi connectivity index (χ1v) is 8.00. The SMILES string of the molecule is Cc1ccc(S(=O)(=O)NCCn2cccn2)c(Br)c1. The van der Waals surface area contributed by atoms with E-state index >= 15 is 0 Å². The molecule has 0 saturated carbocycles. The largest absolute Gasteiger partial charge is 0.271 e. The lowest BCUT2D eigenvalue weighted by Crippen LogP contribution is -2.27. The minimum absolute atomic E-state index is 0.249. The second-order valence-corrected chi connectivity index (χ2v) is 6.69. The molecule has 0 aliphatic carbocycles. The summed E-state index contributed by atoms with van der Waals surface area (Å²) in [6.45, 7) is 2.70. The lowest BCUT2D eigenvalue weighted by atomic mass is 10.2. The fourth-order valence-electron chi connectivity index (χ4n) is 1.63. The lowest BCUT2D eigenvalue weighted by Gasteiger charge is -2.09. The summed E-state index contributed by atoms with van der Waals surface area (Å²) in [5.74, 6) is 0. The average molecular weight is 344 g/mol. The Balaban J connectivity index is 2.05. The van der Waals surface area contributed by atoms with E-state index in [4.69, 9.17) is 0 Å². The van der Waals surface area contributed by atoms with Crippen LogP contribution in [0.4, 0.5) is 0 Å². The third-order valence-corrected chi connectivity index (χ3v) is 5.01. The Morgan fingerprint density at radius 1 is 1.42 bits per heavy atom. The smallest absolute Gasteiger partial charge is 0.241 e.